The maximum Gasteiger partial charge on any atom is 0.119 e. The summed E-state index contributed by atoms with van der Waals surface area (Å²) >= 11 is 5.27. The molecule has 7 nitrogen and oxygen atoms in total. The monoisotopic (exact) mass is 820 g/mol. The lowest BCUT2D eigenvalue weighted by atomic mass is 9.72. The van der Waals surface area contributed by atoms with Crippen molar-refractivity contribution in [2.75, 3.05) is 38.9 Å². The summed E-state index contributed by atoms with van der Waals surface area (Å²) in [6.07, 6.45) is 5.17. The van der Waals surface area contributed by atoms with Crippen LogP contribution in [0.25, 0.3) is 0 Å². The van der Waals surface area contributed by atoms with Gasteiger partial charge in [0.2, 0.25) is 0 Å². The normalized spacial score (nSPS) is 27.6. The number of benzene rings is 4. The molecule has 4 aromatic carbocycles. The van der Waals surface area contributed by atoms with Gasteiger partial charge in [0, 0.05) is 10.8 Å². The van der Waals surface area contributed by atoms with Crippen molar-refractivity contribution in [3.05, 3.63) is 117 Å². The van der Waals surface area contributed by atoms with Crippen molar-refractivity contribution in [1.29, 1.82) is 0 Å². The number of phenolic OH excluding ortho intramolecular Hbond substituents is 2. The van der Waals surface area contributed by atoms with Gasteiger partial charge in [-0.2, -0.15) is 0 Å². The second-order valence-electron chi connectivity index (χ2n) is 20.9. The molecule has 0 saturated carbocycles. The van der Waals surface area contributed by atoms with Crippen LogP contribution in [0.5, 0.6) is 23.0 Å². The summed E-state index contributed by atoms with van der Waals surface area (Å²) in [4.78, 5) is 0. The Kier molecular flexibility index (Phi) is 9.75. The van der Waals surface area contributed by atoms with Gasteiger partial charge < -0.3 is 33.9 Å². The maximum atomic E-state index is 10.1. The Bertz CT molecular complexity index is 2110. The van der Waals surface area contributed by atoms with E-state index < -0.39 is 0 Å². The van der Waals surface area contributed by atoms with Crippen molar-refractivity contribution >= 4 is 11.6 Å². The van der Waals surface area contributed by atoms with Gasteiger partial charge in [-0.1, -0.05) is 79.7 Å². The highest BCUT2D eigenvalue weighted by atomic mass is 35.5. The molecule has 0 bridgehead atoms. The van der Waals surface area contributed by atoms with E-state index in [-0.39, 0.29) is 44.7 Å². The van der Waals surface area contributed by atoms with Gasteiger partial charge in [-0.15, -0.1) is 11.6 Å². The molecule has 0 aromatic heterocycles. The first-order valence-corrected chi connectivity index (χ1v) is 22.0. The van der Waals surface area contributed by atoms with Crippen molar-refractivity contribution in [1.82, 2.24) is 0 Å². The van der Waals surface area contributed by atoms with Gasteiger partial charge in [-0.3, -0.25) is 0 Å². The van der Waals surface area contributed by atoms with Crippen LogP contribution < -0.4 is 9.47 Å². The molecule has 3 saturated heterocycles. The third-order valence-corrected chi connectivity index (χ3v) is 14.5. The maximum absolute atomic E-state index is 10.1. The average Bonchev–Trinajstić information content (AvgIpc) is 4.07. The number of epoxide rings is 3. The predicted molar refractivity (Wildman–Crippen MR) is 232 cm³/mol. The van der Waals surface area contributed by atoms with Crippen molar-refractivity contribution < 1.29 is 33.9 Å². The highest BCUT2D eigenvalue weighted by Crippen LogP contribution is 2.65. The smallest absolute Gasteiger partial charge is 0.119 e. The second kappa shape index (κ2) is 14.2. The van der Waals surface area contributed by atoms with E-state index in [4.69, 9.17) is 35.3 Å². The van der Waals surface area contributed by atoms with Crippen LogP contribution >= 0.6 is 11.6 Å². The molecule has 3 atom stereocenters. The van der Waals surface area contributed by atoms with Crippen molar-refractivity contribution in [2.45, 2.75) is 132 Å². The summed E-state index contributed by atoms with van der Waals surface area (Å²) < 4.78 is 27.6. The van der Waals surface area contributed by atoms with Crippen LogP contribution in [-0.2, 0) is 46.7 Å². The molecule has 8 heteroatoms. The van der Waals surface area contributed by atoms with Gasteiger partial charge in [0.05, 0.1) is 31.8 Å². The first-order valence-electron chi connectivity index (χ1n) is 21.5. The first-order chi connectivity index (χ1) is 27.9. The van der Waals surface area contributed by atoms with Crippen LogP contribution in [0.2, 0.25) is 0 Å². The standard InChI is InChI=1S/C27H32O4.C21H24O2.C3H5ClO/c1-25(2)15-27(23-9-17(5-7-21(23)25)28-11-19-13-30-19)16-26(3,4)22-8-6-18(10-24(22)27)29-12-20-14-31-20;1-19(2)11-21(17-9-13(22)5-7-15(17)19)12-20(3,4)16-8-6-14(23)10-18(16)21;4-1-3-2-5-3/h5-10,19-20H,11-16H2,1-4H3;5-10,22-23H,11-12H2,1-4H3;3H,1-2H2. The highest BCUT2D eigenvalue weighted by Gasteiger charge is 2.58. The number of phenols is 2. The van der Waals surface area contributed by atoms with Crippen molar-refractivity contribution in [3.63, 3.8) is 0 Å². The number of aromatic hydroxyl groups is 2. The number of rotatable bonds is 7. The van der Waals surface area contributed by atoms with E-state index in [9.17, 15) is 10.2 Å². The fourth-order valence-electron chi connectivity index (χ4n) is 11.7. The van der Waals surface area contributed by atoms with Gasteiger partial charge in [0.25, 0.3) is 0 Å². The number of hydrogen-bond acceptors (Lipinski definition) is 7. The minimum atomic E-state index is -0.116. The fraction of sp³-hybridized carbons (Fsp3) is 0.529. The molecule has 3 unspecified atom stereocenters. The minimum Gasteiger partial charge on any atom is -0.508 e. The van der Waals surface area contributed by atoms with Crippen LogP contribution in [0.15, 0.2) is 72.8 Å². The predicted octanol–water partition coefficient (Wildman–Crippen LogP) is 10.3. The number of hydrogen-bond donors (Lipinski definition) is 2. The number of ether oxygens (including phenoxy) is 5. The third-order valence-electron chi connectivity index (χ3n) is 14.2. The Morgan fingerprint density at radius 3 is 1.07 bits per heavy atom. The van der Waals surface area contributed by atoms with E-state index >= 15 is 0 Å². The van der Waals surface area contributed by atoms with E-state index in [1.165, 1.54) is 44.5 Å². The minimum absolute atomic E-state index is 0.0113. The van der Waals surface area contributed by atoms with E-state index in [1.807, 2.05) is 12.1 Å². The average molecular weight is 821 g/mol. The lowest BCUT2D eigenvalue weighted by Gasteiger charge is -2.30. The SMILES string of the molecule is CC1(C)CC2(CC(C)(C)c3ccc(O)cc32)c2cc(O)ccc21.CC1(C)CC2(CC(C)(C)c3ccc(OCC4CO4)cc32)c2cc(OCC3CO3)ccc21.ClCC1CO1. The summed E-state index contributed by atoms with van der Waals surface area (Å²) in [6.45, 7) is 22.5. The molecule has 4 aromatic rings. The van der Waals surface area contributed by atoms with Gasteiger partial charge in [0.15, 0.2) is 0 Å². The van der Waals surface area contributed by atoms with Crippen LogP contribution in [0.1, 0.15) is 126 Å². The van der Waals surface area contributed by atoms with Gasteiger partial charge >= 0.3 is 0 Å². The zero-order chi connectivity index (χ0) is 41.8. The molecule has 3 heterocycles. The highest BCUT2D eigenvalue weighted by molar-refractivity contribution is 6.18. The van der Waals surface area contributed by atoms with Crippen molar-refractivity contribution in [3.8, 4) is 23.0 Å². The molecule has 4 aliphatic carbocycles. The van der Waals surface area contributed by atoms with Crippen molar-refractivity contribution in [2.24, 2.45) is 0 Å². The summed E-state index contributed by atoms with van der Waals surface area (Å²) in [6, 6.07) is 25.1. The topological polar surface area (TPSA) is 96.5 Å². The number of alkyl halides is 1. The molecule has 11 rings (SSSR count). The second-order valence-corrected chi connectivity index (χ2v) is 21.2. The van der Waals surface area contributed by atoms with Crippen LogP contribution in [0, 0.1) is 0 Å². The van der Waals surface area contributed by atoms with E-state index in [0.717, 1.165) is 57.0 Å². The molecule has 0 amide bonds. The van der Waals surface area contributed by atoms with Crippen LogP contribution in [0.4, 0.5) is 0 Å². The molecule has 0 radical (unpaired) electrons. The molecular weight excluding hydrogens is 760 g/mol. The lowest BCUT2D eigenvalue weighted by Crippen LogP contribution is -2.27. The van der Waals surface area contributed by atoms with Gasteiger partial charge in [-0.05, 0) is 140 Å². The summed E-state index contributed by atoms with van der Waals surface area (Å²) in [5.41, 5.74) is 11.1. The van der Waals surface area contributed by atoms with E-state index in [2.05, 4.69) is 104 Å². The Morgan fingerprint density at radius 1 is 0.475 bits per heavy atom. The zero-order valence-corrected chi connectivity index (χ0v) is 36.8. The largest absolute Gasteiger partial charge is 0.508 e. The molecule has 3 fully saturated rings. The molecule has 3 aliphatic heterocycles. The summed E-state index contributed by atoms with van der Waals surface area (Å²) in [5, 5.41) is 20.2. The molecule has 7 aliphatic rings. The Labute approximate surface area is 355 Å². The molecule has 59 heavy (non-hydrogen) atoms. The van der Waals surface area contributed by atoms with Gasteiger partial charge in [0.1, 0.15) is 48.4 Å². The Morgan fingerprint density at radius 2 is 0.780 bits per heavy atom. The van der Waals surface area contributed by atoms with Gasteiger partial charge in [-0.25, -0.2) is 0 Å². The van der Waals surface area contributed by atoms with E-state index in [0.29, 0.717) is 36.7 Å². The number of fused-ring (bicyclic) bond motifs is 8. The van der Waals surface area contributed by atoms with Crippen LogP contribution in [-0.4, -0.2) is 67.4 Å². The zero-order valence-electron chi connectivity index (χ0n) is 36.0. The Hall–Kier alpha value is -3.75. The summed E-state index contributed by atoms with van der Waals surface area (Å²) in [7, 11) is 0. The first kappa shape index (κ1) is 40.6. The van der Waals surface area contributed by atoms with Crippen LogP contribution in [0.3, 0.4) is 0 Å². The molecule has 2 spiro atoms. The summed E-state index contributed by atoms with van der Waals surface area (Å²) in [5.74, 6) is 3.23. The quantitative estimate of drug-likeness (QED) is 0.142. The molecule has 2 N–H and O–H groups in total. The fourth-order valence-corrected chi connectivity index (χ4v) is 11.9. The number of halogens is 1. The lowest BCUT2D eigenvalue weighted by molar-refractivity contribution is 0.262. The van der Waals surface area contributed by atoms with E-state index in [1.54, 1.807) is 12.1 Å². The Balaban J connectivity index is 0.000000141. The molecular formula is C51H61ClO7. The third kappa shape index (κ3) is 7.42. The molecule has 314 valence electrons.